The lowest BCUT2D eigenvalue weighted by atomic mass is 9.85. The molecule has 0 amide bonds. The van der Waals surface area contributed by atoms with Gasteiger partial charge in [-0.25, -0.2) is 4.79 Å². The van der Waals surface area contributed by atoms with Gasteiger partial charge < -0.3 is 10.5 Å². The Morgan fingerprint density at radius 3 is 2.80 bits per heavy atom. The summed E-state index contributed by atoms with van der Waals surface area (Å²) in [4.78, 5) is 12.4. The van der Waals surface area contributed by atoms with Crippen LogP contribution in [0.15, 0.2) is 16.6 Å². The van der Waals surface area contributed by atoms with Gasteiger partial charge in [0, 0.05) is 10.2 Å². The SMILES string of the molecule is CCC1CCCCC1OC(=O)c1cc(Br)cc(N)c1C. The average Bonchev–Trinajstić information content (AvgIpc) is 2.43. The van der Waals surface area contributed by atoms with Crippen LogP contribution in [0.3, 0.4) is 0 Å². The summed E-state index contributed by atoms with van der Waals surface area (Å²) in [6.45, 7) is 4.02. The van der Waals surface area contributed by atoms with E-state index in [4.69, 9.17) is 10.5 Å². The summed E-state index contributed by atoms with van der Waals surface area (Å²) in [7, 11) is 0. The molecule has 0 saturated heterocycles. The third-order valence-electron chi connectivity index (χ3n) is 4.25. The van der Waals surface area contributed by atoms with Gasteiger partial charge in [0.05, 0.1) is 5.56 Å². The highest BCUT2D eigenvalue weighted by Gasteiger charge is 2.28. The highest BCUT2D eigenvalue weighted by atomic mass is 79.9. The number of carbonyl (C=O) groups is 1. The monoisotopic (exact) mass is 339 g/mol. The molecule has 20 heavy (non-hydrogen) atoms. The second kappa shape index (κ2) is 6.61. The molecule has 110 valence electrons. The molecule has 2 atom stereocenters. The van der Waals surface area contributed by atoms with Crippen LogP contribution in [0.4, 0.5) is 5.69 Å². The van der Waals surface area contributed by atoms with Crippen molar-refractivity contribution in [1.82, 2.24) is 0 Å². The lowest BCUT2D eigenvalue weighted by Crippen LogP contribution is -2.30. The topological polar surface area (TPSA) is 52.3 Å². The van der Waals surface area contributed by atoms with Crippen molar-refractivity contribution in [2.24, 2.45) is 5.92 Å². The van der Waals surface area contributed by atoms with Gasteiger partial charge in [0.1, 0.15) is 6.10 Å². The predicted molar refractivity (Wildman–Crippen MR) is 84.7 cm³/mol. The van der Waals surface area contributed by atoms with Crippen LogP contribution in [0.2, 0.25) is 0 Å². The fraction of sp³-hybridized carbons (Fsp3) is 0.562. The first-order chi connectivity index (χ1) is 9.52. The number of benzene rings is 1. The Morgan fingerprint density at radius 1 is 1.40 bits per heavy atom. The zero-order chi connectivity index (χ0) is 14.7. The number of anilines is 1. The van der Waals surface area contributed by atoms with Crippen molar-refractivity contribution in [2.45, 2.75) is 52.1 Å². The highest BCUT2D eigenvalue weighted by molar-refractivity contribution is 9.10. The Hall–Kier alpha value is -1.03. The third-order valence-corrected chi connectivity index (χ3v) is 4.71. The summed E-state index contributed by atoms with van der Waals surface area (Å²) in [5.41, 5.74) is 7.88. The minimum absolute atomic E-state index is 0.0563. The van der Waals surface area contributed by atoms with Gasteiger partial charge in [-0.2, -0.15) is 0 Å². The molecule has 2 N–H and O–H groups in total. The van der Waals surface area contributed by atoms with Gasteiger partial charge in [0.15, 0.2) is 0 Å². The van der Waals surface area contributed by atoms with E-state index in [-0.39, 0.29) is 12.1 Å². The van der Waals surface area contributed by atoms with Crippen LogP contribution < -0.4 is 5.73 Å². The Morgan fingerprint density at radius 2 is 2.10 bits per heavy atom. The summed E-state index contributed by atoms with van der Waals surface area (Å²) in [6, 6.07) is 3.60. The molecule has 1 aliphatic carbocycles. The van der Waals surface area contributed by atoms with Crippen LogP contribution in [0, 0.1) is 12.8 Å². The third kappa shape index (κ3) is 3.35. The molecule has 0 bridgehead atoms. The summed E-state index contributed by atoms with van der Waals surface area (Å²) in [5, 5.41) is 0. The van der Waals surface area contributed by atoms with E-state index in [0.717, 1.165) is 35.7 Å². The summed E-state index contributed by atoms with van der Waals surface area (Å²) in [5.74, 6) is 0.248. The van der Waals surface area contributed by atoms with Crippen molar-refractivity contribution in [3.05, 3.63) is 27.7 Å². The number of esters is 1. The van der Waals surface area contributed by atoms with Gasteiger partial charge in [-0.05, 0) is 56.2 Å². The molecule has 1 aromatic rings. The van der Waals surface area contributed by atoms with E-state index in [1.807, 2.05) is 13.0 Å². The number of hydrogen-bond donors (Lipinski definition) is 1. The predicted octanol–water partition coefficient (Wildman–Crippen LogP) is 4.47. The van der Waals surface area contributed by atoms with Crippen LogP contribution >= 0.6 is 15.9 Å². The minimum Gasteiger partial charge on any atom is -0.458 e. The van der Waals surface area contributed by atoms with Crippen LogP contribution in [0.1, 0.15) is 54.9 Å². The Kier molecular flexibility index (Phi) is 5.08. The standard InChI is InChI=1S/C16H22BrNO2/c1-3-11-6-4-5-7-15(11)20-16(19)13-8-12(17)9-14(18)10(13)2/h8-9,11,15H,3-7,18H2,1-2H3. The lowest BCUT2D eigenvalue weighted by molar-refractivity contribution is 0.000637. The molecule has 2 unspecified atom stereocenters. The fourth-order valence-electron chi connectivity index (χ4n) is 2.91. The summed E-state index contributed by atoms with van der Waals surface area (Å²) in [6.07, 6.45) is 5.66. The first-order valence-corrected chi connectivity index (χ1v) is 8.08. The Labute approximate surface area is 129 Å². The smallest absolute Gasteiger partial charge is 0.338 e. The second-order valence-electron chi connectivity index (χ2n) is 5.56. The van der Waals surface area contributed by atoms with E-state index in [9.17, 15) is 4.79 Å². The van der Waals surface area contributed by atoms with Gasteiger partial charge in [-0.3, -0.25) is 0 Å². The quantitative estimate of drug-likeness (QED) is 0.653. The zero-order valence-corrected chi connectivity index (χ0v) is 13.7. The summed E-state index contributed by atoms with van der Waals surface area (Å²) < 4.78 is 6.56. The molecule has 1 aromatic carbocycles. The normalized spacial score (nSPS) is 22.6. The molecule has 1 saturated carbocycles. The van der Waals surface area contributed by atoms with Gasteiger partial charge in [0.2, 0.25) is 0 Å². The molecule has 0 radical (unpaired) electrons. The molecule has 1 fully saturated rings. The van der Waals surface area contributed by atoms with Crippen molar-refractivity contribution in [3.8, 4) is 0 Å². The van der Waals surface area contributed by atoms with Crippen LogP contribution in [0.5, 0.6) is 0 Å². The molecule has 0 heterocycles. The lowest BCUT2D eigenvalue weighted by Gasteiger charge is -2.30. The van der Waals surface area contributed by atoms with Crippen molar-refractivity contribution in [3.63, 3.8) is 0 Å². The molecule has 2 rings (SSSR count). The number of nitrogen functional groups attached to an aromatic ring is 1. The summed E-state index contributed by atoms with van der Waals surface area (Å²) >= 11 is 3.38. The number of nitrogens with two attached hydrogens (primary N) is 1. The van der Waals surface area contributed by atoms with E-state index in [1.54, 1.807) is 6.07 Å². The molecule has 0 spiro atoms. The molecule has 3 nitrogen and oxygen atoms in total. The number of carbonyl (C=O) groups excluding carboxylic acids is 1. The van der Waals surface area contributed by atoms with Crippen molar-refractivity contribution < 1.29 is 9.53 Å². The Balaban J connectivity index is 2.15. The maximum absolute atomic E-state index is 12.4. The van der Waals surface area contributed by atoms with Crippen LogP contribution in [0.25, 0.3) is 0 Å². The average molecular weight is 340 g/mol. The molecule has 0 aromatic heterocycles. The number of halogens is 1. The van der Waals surface area contributed by atoms with Gasteiger partial charge in [0.25, 0.3) is 0 Å². The first-order valence-electron chi connectivity index (χ1n) is 7.29. The largest absolute Gasteiger partial charge is 0.458 e. The minimum atomic E-state index is -0.249. The van der Waals surface area contributed by atoms with Crippen molar-refractivity contribution in [1.29, 1.82) is 0 Å². The highest BCUT2D eigenvalue weighted by Crippen LogP contribution is 2.31. The van der Waals surface area contributed by atoms with Gasteiger partial charge >= 0.3 is 5.97 Å². The van der Waals surface area contributed by atoms with Crippen molar-refractivity contribution >= 4 is 27.6 Å². The van der Waals surface area contributed by atoms with Gasteiger partial charge in [-0.1, -0.05) is 29.3 Å². The zero-order valence-electron chi connectivity index (χ0n) is 12.1. The van der Waals surface area contributed by atoms with E-state index in [0.29, 0.717) is 17.2 Å². The maximum Gasteiger partial charge on any atom is 0.338 e. The molecule has 0 aliphatic heterocycles. The molecular formula is C16H22BrNO2. The van der Waals surface area contributed by atoms with E-state index < -0.39 is 0 Å². The van der Waals surface area contributed by atoms with E-state index in [2.05, 4.69) is 22.9 Å². The Bertz CT molecular complexity index is 501. The molecule has 1 aliphatic rings. The number of rotatable bonds is 3. The fourth-order valence-corrected chi connectivity index (χ4v) is 3.38. The van der Waals surface area contributed by atoms with E-state index in [1.165, 1.54) is 6.42 Å². The number of hydrogen-bond acceptors (Lipinski definition) is 3. The van der Waals surface area contributed by atoms with Crippen LogP contribution in [-0.4, -0.2) is 12.1 Å². The molecular weight excluding hydrogens is 318 g/mol. The van der Waals surface area contributed by atoms with Gasteiger partial charge in [-0.15, -0.1) is 0 Å². The van der Waals surface area contributed by atoms with E-state index >= 15 is 0 Å². The maximum atomic E-state index is 12.4. The number of ether oxygens (including phenoxy) is 1. The van der Waals surface area contributed by atoms with Crippen LogP contribution in [-0.2, 0) is 4.74 Å². The molecule has 4 heteroatoms. The first kappa shape index (κ1) is 15.4. The second-order valence-corrected chi connectivity index (χ2v) is 6.48. The van der Waals surface area contributed by atoms with Crippen molar-refractivity contribution in [2.75, 3.05) is 5.73 Å².